The van der Waals surface area contributed by atoms with E-state index >= 15 is 0 Å². The third kappa shape index (κ3) is 5.97. The molecule has 26 heavy (non-hydrogen) atoms. The van der Waals surface area contributed by atoms with Crippen molar-refractivity contribution in [1.29, 1.82) is 0 Å². The molecule has 144 valence electrons. The van der Waals surface area contributed by atoms with E-state index in [0.29, 0.717) is 6.54 Å². The van der Waals surface area contributed by atoms with Crippen molar-refractivity contribution in [3.05, 3.63) is 24.3 Å². The Morgan fingerprint density at radius 2 is 1.73 bits per heavy atom. The summed E-state index contributed by atoms with van der Waals surface area (Å²) in [5, 5.41) is 6.34. The zero-order valence-corrected chi connectivity index (χ0v) is 15.7. The van der Waals surface area contributed by atoms with E-state index in [2.05, 4.69) is 32.6 Å². The molecular formula is C20H32N4O2. The number of nitrogens with zero attached hydrogens (tertiary/aromatic N) is 2. The summed E-state index contributed by atoms with van der Waals surface area (Å²) in [5.74, 6) is 0.0225. The van der Waals surface area contributed by atoms with Gasteiger partial charge in [-0.25, -0.2) is 0 Å². The van der Waals surface area contributed by atoms with Crippen LogP contribution in [0.1, 0.15) is 25.7 Å². The predicted molar refractivity (Wildman–Crippen MR) is 106 cm³/mol. The normalized spacial score (nSPS) is 19.2. The molecule has 3 rings (SSSR count). The topological polar surface area (TPSA) is 56.8 Å². The Morgan fingerprint density at radius 3 is 2.50 bits per heavy atom. The lowest BCUT2D eigenvalue weighted by atomic mass is 10.2. The summed E-state index contributed by atoms with van der Waals surface area (Å²) in [6.07, 6.45) is 5.06. The zero-order valence-electron chi connectivity index (χ0n) is 15.7. The van der Waals surface area contributed by atoms with Gasteiger partial charge in [0.05, 0.1) is 31.1 Å². The highest BCUT2D eigenvalue weighted by molar-refractivity contribution is 5.95. The first kappa shape index (κ1) is 19.1. The van der Waals surface area contributed by atoms with Gasteiger partial charge in [-0.05, 0) is 25.0 Å². The van der Waals surface area contributed by atoms with Crippen LogP contribution in [0.3, 0.4) is 0 Å². The van der Waals surface area contributed by atoms with E-state index in [-0.39, 0.29) is 5.91 Å². The molecule has 0 bridgehead atoms. The van der Waals surface area contributed by atoms with Gasteiger partial charge in [-0.2, -0.15) is 0 Å². The quantitative estimate of drug-likeness (QED) is 0.728. The first-order valence-corrected chi connectivity index (χ1v) is 9.97. The van der Waals surface area contributed by atoms with E-state index in [4.69, 9.17) is 4.74 Å². The number of amides is 1. The molecule has 2 aliphatic heterocycles. The van der Waals surface area contributed by atoms with Crippen molar-refractivity contribution >= 4 is 17.3 Å². The Kier molecular flexibility index (Phi) is 7.73. The van der Waals surface area contributed by atoms with Crippen LogP contribution >= 0.6 is 0 Å². The van der Waals surface area contributed by atoms with Gasteiger partial charge in [0, 0.05) is 39.3 Å². The second-order valence-corrected chi connectivity index (χ2v) is 7.10. The summed E-state index contributed by atoms with van der Waals surface area (Å²) >= 11 is 0. The highest BCUT2D eigenvalue weighted by Gasteiger charge is 2.15. The summed E-state index contributed by atoms with van der Waals surface area (Å²) in [6, 6.07) is 8.16. The number of benzene rings is 1. The number of rotatable bonds is 7. The van der Waals surface area contributed by atoms with Gasteiger partial charge in [-0.15, -0.1) is 0 Å². The molecule has 0 aromatic heterocycles. The van der Waals surface area contributed by atoms with E-state index in [0.717, 1.165) is 63.9 Å². The number of carbonyl (C=O) groups excluding carboxylic acids is 1. The molecule has 1 aromatic rings. The summed E-state index contributed by atoms with van der Waals surface area (Å²) < 4.78 is 5.35. The van der Waals surface area contributed by atoms with Gasteiger partial charge in [0.15, 0.2) is 0 Å². The van der Waals surface area contributed by atoms with Crippen LogP contribution in [0.2, 0.25) is 0 Å². The van der Waals surface area contributed by atoms with Crippen LogP contribution in [0.25, 0.3) is 0 Å². The molecule has 1 amide bonds. The SMILES string of the molecule is O=C(CNCCN1CCOCC1)Nc1ccccc1N1CCCCCC1. The molecule has 0 spiro atoms. The maximum atomic E-state index is 12.3. The Hall–Kier alpha value is -1.63. The van der Waals surface area contributed by atoms with Gasteiger partial charge < -0.3 is 20.3 Å². The average Bonchev–Trinajstić information content (AvgIpc) is 2.96. The standard InChI is InChI=1S/C20H32N4O2/c25-20(17-21-9-12-23-13-15-26-16-14-23)22-18-7-3-4-8-19(18)24-10-5-1-2-6-11-24/h3-4,7-8,21H,1-2,5-6,9-17H2,(H,22,25). The zero-order chi connectivity index (χ0) is 18.0. The number of hydrogen-bond donors (Lipinski definition) is 2. The average molecular weight is 361 g/mol. The lowest BCUT2D eigenvalue weighted by Gasteiger charge is -2.26. The van der Waals surface area contributed by atoms with Gasteiger partial charge >= 0.3 is 0 Å². The predicted octanol–water partition coefficient (Wildman–Crippen LogP) is 1.93. The second-order valence-electron chi connectivity index (χ2n) is 7.10. The minimum Gasteiger partial charge on any atom is -0.379 e. The van der Waals surface area contributed by atoms with E-state index in [1.165, 1.54) is 25.7 Å². The molecule has 0 saturated carbocycles. The van der Waals surface area contributed by atoms with E-state index in [1.807, 2.05) is 12.1 Å². The van der Waals surface area contributed by atoms with E-state index in [1.54, 1.807) is 0 Å². The molecule has 2 aliphatic rings. The van der Waals surface area contributed by atoms with Crippen molar-refractivity contribution in [3.63, 3.8) is 0 Å². The van der Waals surface area contributed by atoms with Crippen LogP contribution in [0.4, 0.5) is 11.4 Å². The number of carbonyl (C=O) groups is 1. The maximum absolute atomic E-state index is 12.3. The van der Waals surface area contributed by atoms with Gasteiger partial charge in [0.1, 0.15) is 0 Å². The molecule has 0 unspecified atom stereocenters. The molecule has 0 aliphatic carbocycles. The number of nitrogens with one attached hydrogen (secondary N) is 2. The van der Waals surface area contributed by atoms with Gasteiger partial charge in [0.25, 0.3) is 0 Å². The highest BCUT2D eigenvalue weighted by Crippen LogP contribution is 2.27. The molecule has 0 radical (unpaired) electrons. The van der Waals surface area contributed by atoms with E-state index in [9.17, 15) is 4.79 Å². The Labute approximate surface area is 156 Å². The number of ether oxygens (including phenoxy) is 1. The first-order valence-electron chi connectivity index (χ1n) is 9.97. The summed E-state index contributed by atoms with van der Waals surface area (Å²) in [6.45, 7) is 7.87. The van der Waals surface area contributed by atoms with Crippen molar-refractivity contribution in [2.45, 2.75) is 25.7 Å². The molecule has 2 N–H and O–H groups in total. The largest absolute Gasteiger partial charge is 0.379 e. The minimum atomic E-state index is 0.0225. The van der Waals surface area contributed by atoms with Crippen LogP contribution in [0.5, 0.6) is 0 Å². The lowest BCUT2D eigenvalue weighted by Crippen LogP contribution is -2.41. The monoisotopic (exact) mass is 360 g/mol. The third-order valence-electron chi connectivity index (χ3n) is 5.12. The number of morpholine rings is 1. The first-order chi connectivity index (χ1) is 12.8. The summed E-state index contributed by atoms with van der Waals surface area (Å²) in [5.41, 5.74) is 2.07. The minimum absolute atomic E-state index is 0.0225. The molecule has 0 atom stereocenters. The molecular weight excluding hydrogens is 328 g/mol. The van der Waals surface area contributed by atoms with Crippen molar-refractivity contribution in [3.8, 4) is 0 Å². The van der Waals surface area contributed by atoms with E-state index < -0.39 is 0 Å². The van der Waals surface area contributed by atoms with Crippen LogP contribution in [0, 0.1) is 0 Å². The highest BCUT2D eigenvalue weighted by atomic mass is 16.5. The third-order valence-corrected chi connectivity index (χ3v) is 5.12. The number of anilines is 2. The van der Waals surface area contributed by atoms with Gasteiger partial charge in [0.2, 0.25) is 5.91 Å². The molecule has 6 heteroatoms. The van der Waals surface area contributed by atoms with Crippen LogP contribution in [0.15, 0.2) is 24.3 Å². The van der Waals surface area contributed by atoms with Crippen LogP contribution < -0.4 is 15.5 Å². The fourth-order valence-electron chi connectivity index (χ4n) is 3.62. The van der Waals surface area contributed by atoms with Crippen molar-refractivity contribution in [2.75, 3.05) is 69.2 Å². The van der Waals surface area contributed by atoms with Gasteiger partial charge in [-0.3, -0.25) is 9.69 Å². The van der Waals surface area contributed by atoms with Crippen molar-refractivity contribution in [2.24, 2.45) is 0 Å². The Balaban J connectivity index is 1.44. The smallest absolute Gasteiger partial charge is 0.238 e. The number of para-hydroxylation sites is 2. The summed E-state index contributed by atoms with van der Waals surface area (Å²) in [7, 11) is 0. The Bertz CT molecular complexity index is 552. The molecule has 2 saturated heterocycles. The second kappa shape index (κ2) is 10.5. The summed E-state index contributed by atoms with van der Waals surface area (Å²) in [4.78, 5) is 17.1. The van der Waals surface area contributed by atoms with Gasteiger partial charge in [-0.1, -0.05) is 25.0 Å². The van der Waals surface area contributed by atoms with Crippen LogP contribution in [-0.4, -0.2) is 69.8 Å². The molecule has 2 heterocycles. The lowest BCUT2D eigenvalue weighted by molar-refractivity contribution is -0.115. The molecule has 1 aromatic carbocycles. The fraction of sp³-hybridized carbons (Fsp3) is 0.650. The Morgan fingerprint density at radius 1 is 1.00 bits per heavy atom. The maximum Gasteiger partial charge on any atom is 0.238 e. The molecule has 2 fully saturated rings. The molecule has 6 nitrogen and oxygen atoms in total. The van der Waals surface area contributed by atoms with Crippen LogP contribution in [-0.2, 0) is 9.53 Å². The number of hydrogen-bond acceptors (Lipinski definition) is 5. The van der Waals surface area contributed by atoms with Crippen molar-refractivity contribution in [1.82, 2.24) is 10.2 Å². The fourth-order valence-corrected chi connectivity index (χ4v) is 3.62. The van der Waals surface area contributed by atoms with Crippen molar-refractivity contribution < 1.29 is 9.53 Å².